The summed E-state index contributed by atoms with van der Waals surface area (Å²) in [4.78, 5) is 14.2. The van der Waals surface area contributed by atoms with E-state index in [1.54, 1.807) is 19.4 Å². The number of nitrogens with zero attached hydrogens (tertiary/aromatic N) is 4. The van der Waals surface area contributed by atoms with Crippen molar-refractivity contribution in [3.8, 4) is 0 Å². The third-order valence-corrected chi connectivity index (χ3v) is 3.76. The largest absolute Gasteiger partial charge is 0.469 e. The standard InChI is InChI=1S/C14H18N4O3/c1-10-14-16-15-12(9-20-2)18(14)6-5-17(10)13(19)8-11-4-3-7-21-11/h3-4,7,10H,5-6,8-9H2,1-2H3. The number of rotatable bonds is 4. The molecule has 3 heterocycles. The van der Waals surface area contributed by atoms with Crippen LogP contribution in [0.2, 0.25) is 0 Å². The molecule has 1 atom stereocenters. The van der Waals surface area contributed by atoms with E-state index < -0.39 is 0 Å². The van der Waals surface area contributed by atoms with Crippen LogP contribution in [-0.4, -0.2) is 39.2 Å². The second-order valence-electron chi connectivity index (χ2n) is 5.08. The number of hydrogen-bond donors (Lipinski definition) is 0. The molecule has 7 nitrogen and oxygen atoms in total. The Kier molecular flexibility index (Phi) is 3.74. The number of carbonyl (C=O) groups excluding carboxylic acids is 1. The molecule has 0 N–H and O–H groups in total. The van der Waals surface area contributed by atoms with E-state index in [-0.39, 0.29) is 18.4 Å². The molecule has 1 aliphatic heterocycles. The Labute approximate surface area is 122 Å². The second kappa shape index (κ2) is 5.69. The molecule has 1 aliphatic rings. The van der Waals surface area contributed by atoms with Crippen molar-refractivity contribution in [2.45, 2.75) is 32.5 Å². The highest BCUT2D eigenvalue weighted by atomic mass is 16.5. The van der Waals surface area contributed by atoms with Gasteiger partial charge in [0.05, 0.1) is 18.7 Å². The first-order chi connectivity index (χ1) is 10.2. The van der Waals surface area contributed by atoms with E-state index in [4.69, 9.17) is 9.15 Å². The van der Waals surface area contributed by atoms with E-state index in [1.165, 1.54) is 0 Å². The van der Waals surface area contributed by atoms with Crippen molar-refractivity contribution in [2.75, 3.05) is 13.7 Å². The molecule has 0 spiro atoms. The van der Waals surface area contributed by atoms with Crippen molar-refractivity contribution < 1.29 is 13.9 Å². The molecule has 0 saturated carbocycles. The van der Waals surface area contributed by atoms with Gasteiger partial charge in [0, 0.05) is 20.2 Å². The Morgan fingerprint density at radius 1 is 1.48 bits per heavy atom. The van der Waals surface area contributed by atoms with Gasteiger partial charge in [0.25, 0.3) is 0 Å². The third kappa shape index (κ3) is 2.56. The summed E-state index contributed by atoms with van der Waals surface area (Å²) in [6.07, 6.45) is 1.85. The molecular formula is C14H18N4O3. The maximum absolute atomic E-state index is 12.4. The summed E-state index contributed by atoms with van der Waals surface area (Å²) < 4.78 is 12.4. The van der Waals surface area contributed by atoms with Gasteiger partial charge in [0.2, 0.25) is 5.91 Å². The predicted octanol–water partition coefficient (Wildman–Crippen LogP) is 1.16. The first-order valence-corrected chi connectivity index (χ1v) is 6.93. The molecule has 2 aromatic heterocycles. The van der Waals surface area contributed by atoms with E-state index in [2.05, 4.69) is 10.2 Å². The smallest absolute Gasteiger partial charge is 0.230 e. The molecule has 112 valence electrons. The summed E-state index contributed by atoms with van der Waals surface area (Å²) in [6, 6.07) is 3.50. The van der Waals surface area contributed by atoms with Crippen LogP contribution in [0.3, 0.4) is 0 Å². The number of ether oxygens (including phenoxy) is 1. The lowest BCUT2D eigenvalue weighted by molar-refractivity contribution is -0.134. The highest BCUT2D eigenvalue weighted by Gasteiger charge is 2.31. The van der Waals surface area contributed by atoms with Gasteiger partial charge >= 0.3 is 0 Å². The molecule has 7 heteroatoms. The lowest BCUT2D eigenvalue weighted by atomic mass is 10.1. The number of furan rings is 1. The van der Waals surface area contributed by atoms with Crippen molar-refractivity contribution in [3.63, 3.8) is 0 Å². The summed E-state index contributed by atoms with van der Waals surface area (Å²) in [5.41, 5.74) is 0. The van der Waals surface area contributed by atoms with Crippen molar-refractivity contribution in [1.29, 1.82) is 0 Å². The van der Waals surface area contributed by atoms with E-state index >= 15 is 0 Å². The highest BCUT2D eigenvalue weighted by molar-refractivity contribution is 5.78. The molecule has 0 aliphatic carbocycles. The van der Waals surface area contributed by atoms with Gasteiger partial charge in [-0.3, -0.25) is 4.79 Å². The number of hydrogen-bond acceptors (Lipinski definition) is 5. The minimum Gasteiger partial charge on any atom is -0.469 e. The van der Waals surface area contributed by atoms with Crippen LogP contribution in [0.4, 0.5) is 0 Å². The van der Waals surface area contributed by atoms with Crippen molar-refractivity contribution in [2.24, 2.45) is 0 Å². The van der Waals surface area contributed by atoms with Gasteiger partial charge in [0.15, 0.2) is 11.6 Å². The quantitative estimate of drug-likeness (QED) is 0.845. The van der Waals surface area contributed by atoms with Crippen molar-refractivity contribution in [3.05, 3.63) is 35.8 Å². The van der Waals surface area contributed by atoms with Gasteiger partial charge in [-0.25, -0.2) is 0 Å². The normalized spacial score (nSPS) is 17.8. The van der Waals surface area contributed by atoms with Gasteiger partial charge in [-0.1, -0.05) is 0 Å². The fraction of sp³-hybridized carbons (Fsp3) is 0.500. The van der Waals surface area contributed by atoms with Crippen LogP contribution in [0.15, 0.2) is 22.8 Å². The van der Waals surface area contributed by atoms with Crippen molar-refractivity contribution >= 4 is 5.91 Å². The fourth-order valence-electron chi connectivity index (χ4n) is 2.68. The maximum atomic E-state index is 12.4. The molecule has 0 aromatic carbocycles. The van der Waals surface area contributed by atoms with Gasteiger partial charge in [-0.15, -0.1) is 10.2 Å². The summed E-state index contributed by atoms with van der Waals surface area (Å²) >= 11 is 0. The molecule has 0 saturated heterocycles. The molecule has 2 aromatic rings. The van der Waals surface area contributed by atoms with Crippen LogP contribution in [0.5, 0.6) is 0 Å². The molecule has 1 unspecified atom stereocenters. The van der Waals surface area contributed by atoms with Gasteiger partial charge in [-0.05, 0) is 19.1 Å². The monoisotopic (exact) mass is 290 g/mol. The summed E-state index contributed by atoms with van der Waals surface area (Å²) in [6.45, 7) is 3.73. The molecule has 0 radical (unpaired) electrons. The van der Waals surface area contributed by atoms with Gasteiger partial charge in [-0.2, -0.15) is 0 Å². The Bertz CT molecular complexity index is 620. The van der Waals surface area contributed by atoms with Crippen LogP contribution in [0.25, 0.3) is 0 Å². The highest BCUT2D eigenvalue weighted by Crippen LogP contribution is 2.25. The molecule has 21 heavy (non-hydrogen) atoms. The lowest BCUT2D eigenvalue weighted by Gasteiger charge is -2.33. The predicted molar refractivity (Wildman–Crippen MR) is 73.3 cm³/mol. The van der Waals surface area contributed by atoms with E-state index in [9.17, 15) is 4.79 Å². The zero-order valence-electron chi connectivity index (χ0n) is 12.2. The summed E-state index contributed by atoms with van der Waals surface area (Å²) in [5.74, 6) is 2.33. The first-order valence-electron chi connectivity index (χ1n) is 6.93. The molecule has 1 amide bonds. The molecule has 0 fully saturated rings. The number of fused-ring (bicyclic) bond motifs is 1. The number of amides is 1. The Hall–Kier alpha value is -2.15. The summed E-state index contributed by atoms with van der Waals surface area (Å²) in [5, 5.41) is 8.34. The molecule has 3 rings (SSSR count). The topological polar surface area (TPSA) is 73.4 Å². The minimum absolute atomic E-state index is 0.0417. The van der Waals surface area contributed by atoms with Crippen LogP contribution < -0.4 is 0 Å². The van der Waals surface area contributed by atoms with E-state index in [0.29, 0.717) is 25.5 Å². The Morgan fingerprint density at radius 3 is 3.05 bits per heavy atom. The van der Waals surface area contributed by atoms with E-state index in [1.807, 2.05) is 22.5 Å². The number of methoxy groups -OCH3 is 1. The first kappa shape index (κ1) is 13.8. The fourth-order valence-corrected chi connectivity index (χ4v) is 2.68. The third-order valence-electron chi connectivity index (χ3n) is 3.76. The number of aromatic nitrogens is 3. The molecule has 0 bridgehead atoms. The zero-order valence-corrected chi connectivity index (χ0v) is 12.2. The number of carbonyl (C=O) groups is 1. The average molecular weight is 290 g/mol. The lowest BCUT2D eigenvalue weighted by Crippen LogP contribution is -2.42. The van der Waals surface area contributed by atoms with Crippen LogP contribution in [0, 0.1) is 0 Å². The zero-order chi connectivity index (χ0) is 14.8. The second-order valence-corrected chi connectivity index (χ2v) is 5.08. The molecular weight excluding hydrogens is 272 g/mol. The van der Waals surface area contributed by atoms with Crippen molar-refractivity contribution in [1.82, 2.24) is 19.7 Å². The maximum Gasteiger partial charge on any atom is 0.230 e. The SMILES string of the molecule is COCc1nnc2n1CCN(C(=O)Cc1ccco1)C2C. The summed E-state index contributed by atoms with van der Waals surface area (Å²) in [7, 11) is 1.63. The van der Waals surface area contributed by atoms with Crippen LogP contribution >= 0.6 is 0 Å². The van der Waals surface area contributed by atoms with Gasteiger partial charge < -0.3 is 18.6 Å². The van der Waals surface area contributed by atoms with E-state index in [0.717, 1.165) is 11.6 Å². The van der Waals surface area contributed by atoms with Crippen LogP contribution in [-0.2, 0) is 29.1 Å². The van der Waals surface area contributed by atoms with Gasteiger partial charge in [0.1, 0.15) is 12.4 Å². The Morgan fingerprint density at radius 2 is 2.33 bits per heavy atom. The minimum atomic E-state index is -0.0979. The van der Waals surface area contributed by atoms with Crippen LogP contribution in [0.1, 0.15) is 30.4 Å². The average Bonchev–Trinajstić information content (AvgIpc) is 3.10. The Balaban J connectivity index is 1.76.